The van der Waals surface area contributed by atoms with Crippen molar-refractivity contribution in [3.05, 3.63) is 39.7 Å². The molecule has 1 N–H and O–H groups in total. The molecule has 104 valence electrons. The Labute approximate surface area is 112 Å². The second-order valence-corrected chi connectivity index (χ2v) is 3.83. The van der Waals surface area contributed by atoms with Gasteiger partial charge in [-0.25, -0.2) is 14.4 Å². The molecule has 2 aromatic rings. The van der Waals surface area contributed by atoms with Gasteiger partial charge in [0.15, 0.2) is 11.3 Å². The lowest BCUT2D eigenvalue weighted by molar-refractivity contribution is 0.0600. The van der Waals surface area contributed by atoms with Crippen molar-refractivity contribution in [2.75, 3.05) is 14.2 Å². The summed E-state index contributed by atoms with van der Waals surface area (Å²) >= 11 is 0. The van der Waals surface area contributed by atoms with Crippen LogP contribution in [0, 0.1) is 0 Å². The Kier molecular flexibility index (Phi) is 3.43. The van der Waals surface area contributed by atoms with E-state index in [1.807, 2.05) is 0 Å². The minimum Gasteiger partial charge on any atom is -0.493 e. The van der Waals surface area contributed by atoms with E-state index in [0.717, 1.165) is 13.2 Å². The second-order valence-electron chi connectivity index (χ2n) is 3.83. The number of rotatable bonds is 3. The molecule has 0 amide bonds. The summed E-state index contributed by atoms with van der Waals surface area (Å²) < 4.78 is 14.5. The fourth-order valence-electron chi connectivity index (χ4n) is 1.79. The van der Waals surface area contributed by atoms with Gasteiger partial charge in [-0.05, 0) is 12.1 Å². The number of benzene rings is 1. The van der Waals surface area contributed by atoms with Crippen LogP contribution in [0.25, 0.3) is 11.0 Å². The van der Waals surface area contributed by atoms with Crippen molar-refractivity contribution in [3.8, 4) is 5.75 Å². The Balaban J connectivity index is 2.93. The van der Waals surface area contributed by atoms with Crippen LogP contribution >= 0.6 is 0 Å². The van der Waals surface area contributed by atoms with E-state index in [2.05, 4.69) is 4.74 Å². The van der Waals surface area contributed by atoms with Gasteiger partial charge in [0.2, 0.25) is 0 Å². The van der Waals surface area contributed by atoms with Crippen LogP contribution in [0.3, 0.4) is 0 Å². The van der Waals surface area contributed by atoms with Crippen molar-refractivity contribution in [2.45, 2.75) is 0 Å². The molecule has 0 aliphatic carbocycles. The Morgan fingerprint density at radius 1 is 1.20 bits per heavy atom. The van der Waals surface area contributed by atoms with Crippen LogP contribution in [-0.4, -0.2) is 31.3 Å². The molecule has 0 saturated heterocycles. The first-order chi connectivity index (χ1) is 9.47. The average Bonchev–Trinajstić information content (AvgIpc) is 2.44. The molecule has 2 rings (SSSR count). The summed E-state index contributed by atoms with van der Waals surface area (Å²) in [4.78, 5) is 34.2. The van der Waals surface area contributed by atoms with Gasteiger partial charge in [-0.2, -0.15) is 0 Å². The molecule has 0 fully saturated rings. The molecule has 1 aromatic heterocycles. The van der Waals surface area contributed by atoms with Crippen LogP contribution in [0.1, 0.15) is 20.7 Å². The summed E-state index contributed by atoms with van der Waals surface area (Å²) in [5.41, 5.74) is -0.960. The van der Waals surface area contributed by atoms with E-state index in [1.165, 1.54) is 19.2 Å². The number of carbonyl (C=O) groups excluding carboxylic acids is 1. The summed E-state index contributed by atoms with van der Waals surface area (Å²) in [6, 6.07) is 3.36. The summed E-state index contributed by atoms with van der Waals surface area (Å²) in [5.74, 6) is -1.93. The van der Waals surface area contributed by atoms with E-state index in [9.17, 15) is 14.4 Å². The first-order valence-electron chi connectivity index (χ1n) is 5.45. The highest BCUT2D eigenvalue weighted by Crippen LogP contribution is 2.29. The Morgan fingerprint density at radius 2 is 1.90 bits per heavy atom. The van der Waals surface area contributed by atoms with Crippen LogP contribution in [0.5, 0.6) is 5.75 Å². The Bertz CT molecular complexity index is 757. The van der Waals surface area contributed by atoms with Gasteiger partial charge < -0.3 is 19.0 Å². The number of carboxylic acids is 1. The number of esters is 1. The van der Waals surface area contributed by atoms with Gasteiger partial charge in [-0.1, -0.05) is 0 Å². The van der Waals surface area contributed by atoms with Crippen molar-refractivity contribution >= 4 is 22.9 Å². The van der Waals surface area contributed by atoms with Crippen molar-refractivity contribution in [1.82, 2.24) is 0 Å². The lowest BCUT2D eigenvalue weighted by Gasteiger charge is -2.08. The Hall–Kier alpha value is -2.83. The predicted molar refractivity (Wildman–Crippen MR) is 67.3 cm³/mol. The van der Waals surface area contributed by atoms with E-state index in [4.69, 9.17) is 14.3 Å². The predicted octanol–water partition coefficient (Wildman–Crippen LogP) is 1.29. The van der Waals surface area contributed by atoms with Gasteiger partial charge in [0.1, 0.15) is 0 Å². The third kappa shape index (κ3) is 2.20. The molecule has 0 bridgehead atoms. The molecule has 20 heavy (non-hydrogen) atoms. The van der Waals surface area contributed by atoms with Crippen molar-refractivity contribution in [2.24, 2.45) is 0 Å². The van der Waals surface area contributed by atoms with Gasteiger partial charge in [0.05, 0.1) is 25.3 Å². The van der Waals surface area contributed by atoms with E-state index >= 15 is 0 Å². The van der Waals surface area contributed by atoms with Crippen LogP contribution in [0.4, 0.5) is 0 Å². The van der Waals surface area contributed by atoms with Crippen LogP contribution in [-0.2, 0) is 4.74 Å². The molecule has 7 nitrogen and oxygen atoms in total. The number of hydrogen-bond acceptors (Lipinski definition) is 6. The summed E-state index contributed by atoms with van der Waals surface area (Å²) in [6.07, 6.45) is 0. The lowest BCUT2D eigenvalue weighted by atomic mass is 10.1. The number of fused-ring (bicyclic) bond motifs is 1. The second kappa shape index (κ2) is 5.04. The highest BCUT2D eigenvalue weighted by atomic mass is 16.5. The van der Waals surface area contributed by atoms with Gasteiger partial charge in [0.25, 0.3) is 0 Å². The fraction of sp³-hybridized carbons (Fsp3) is 0.154. The van der Waals surface area contributed by atoms with E-state index in [0.29, 0.717) is 0 Å². The largest absolute Gasteiger partial charge is 0.493 e. The number of aromatic carboxylic acids is 1. The lowest BCUT2D eigenvalue weighted by Crippen LogP contribution is -2.09. The number of methoxy groups -OCH3 is 2. The Morgan fingerprint density at radius 3 is 2.45 bits per heavy atom. The molecular formula is C13H10O7. The van der Waals surface area contributed by atoms with E-state index in [1.54, 1.807) is 0 Å². The third-order valence-corrected chi connectivity index (χ3v) is 2.68. The molecule has 0 saturated carbocycles. The van der Waals surface area contributed by atoms with E-state index < -0.39 is 17.6 Å². The summed E-state index contributed by atoms with van der Waals surface area (Å²) in [5, 5.41) is 9.17. The van der Waals surface area contributed by atoms with Gasteiger partial charge in [0, 0.05) is 11.5 Å². The highest BCUT2D eigenvalue weighted by molar-refractivity contribution is 6.06. The molecule has 1 heterocycles. The first kappa shape index (κ1) is 13.6. The molecule has 0 atom stereocenters. The summed E-state index contributed by atoms with van der Waals surface area (Å²) in [6.45, 7) is 0. The minimum atomic E-state index is -1.20. The van der Waals surface area contributed by atoms with Crippen LogP contribution < -0.4 is 10.4 Å². The number of ether oxygens (including phenoxy) is 2. The van der Waals surface area contributed by atoms with Crippen molar-refractivity contribution < 1.29 is 28.6 Å². The van der Waals surface area contributed by atoms with Crippen LogP contribution in [0.2, 0.25) is 0 Å². The molecule has 1 aromatic carbocycles. The average molecular weight is 278 g/mol. The number of hydrogen-bond donors (Lipinski definition) is 1. The molecule has 0 aliphatic heterocycles. The van der Waals surface area contributed by atoms with Gasteiger partial charge in [-0.15, -0.1) is 0 Å². The standard InChI is InChI=1S/C13H10O7/c1-18-9-4-6(12(15)16)3-7-8(13(17)19-2)5-10(14)20-11(7)9/h3-5H,1-2H3,(H,15,16). The SMILES string of the molecule is COC(=O)c1cc(=O)oc2c(OC)cc(C(=O)O)cc12. The zero-order valence-electron chi connectivity index (χ0n) is 10.6. The molecule has 0 spiro atoms. The maximum atomic E-state index is 11.7. The normalized spacial score (nSPS) is 10.3. The quantitative estimate of drug-likeness (QED) is 0.666. The van der Waals surface area contributed by atoms with Gasteiger partial charge >= 0.3 is 17.6 Å². The van der Waals surface area contributed by atoms with Crippen molar-refractivity contribution in [1.29, 1.82) is 0 Å². The summed E-state index contributed by atoms with van der Waals surface area (Å²) in [7, 11) is 2.45. The topological polar surface area (TPSA) is 103 Å². The highest BCUT2D eigenvalue weighted by Gasteiger charge is 2.19. The molecule has 0 radical (unpaired) electrons. The van der Waals surface area contributed by atoms with E-state index in [-0.39, 0.29) is 27.8 Å². The monoisotopic (exact) mass is 278 g/mol. The third-order valence-electron chi connectivity index (χ3n) is 2.68. The molecular weight excluding hydrogens is 268 g/mol. The molecule has 0 aliphatic rings. The van der Waals surface area contributed by atoms with Crippen LogP contribution in [0.15, 0.2) is 27.4 Å². The maximum absolute atomic E-state index is 11.7. The first-order valence-corrected chi connectivity index (χ1v) is 5.45. The minimum absolute atomic E-state index is 0.00889. The number of carbonyl (C=O) groups is 2. The smallest absolute Gasteiger partial charge is 0.338 e. The van der Waals surface area contributed by atoms with Gasteiger partial charge in [-0.3, -0.25) is 0 Å². The zero-order valence-corrected chi connectivity index (χ0v) is 10.6. The number of carboxylic acid groups (broad SMARTS) is 1. The van der Waals surface area contributed by atoms with Crippen molar-refractivity contribution in [3.63, 3.8) is 0 Å². The molecule has 7 heteroatoms. The zero-order chi connectivity index (χ0) is 14.9. The maximum Gasteiger partial charge on any atom is 0.338 e. The molecule has 0 unspecified atom stereocenters. The fourth-order valence-corrected chi connectivity index (χ4v) is 1.79.